The fourth-order valence-corrected chi connectivity index (χ4v) is 5.86. The number of carbonyl (C=O) groups excluding carboxylic acids is 1. The smallest absolute Gasteiger partial charge is 0.416 e. The maximum atomic E-state index is 14.1. The third kappa shape index (κ3) is 6.12. The Morgan fingerprint density at radius 2 is 1.86 bits per heavy atom. The van der Waals surface area contributed by atoms with Crippen molar-refractivity contribution in [3.63, 3.8) is 0 Å². The van der Waals surface area contributed by atoms with E-state index in [1.165, 1.54) is 12.4 Å². The summed E-state index contributed by atoms with van der Waals surface area (Å²) < 4.78 is 49.9. The summed E-state index contributed by atoms with van der Waals surface area (Å²) in [5, 5.41) is 6.91. The molecule has 1 aliphatic heterocycles. The van der Waals surface area contributed by atoms with Crippen LogP contribution in [0.25, 0.3) is 5.52 Å². The van der Waals surface area contributed by atoms with Crippen molar-refractivity contribution >= 4 is 17.1 Å². The number of amides is 1. The van der Waals surface area contributed by atoms with Crippen LogP contribution in [-0.4, -0.2) is 63.0 Å². The number of rotatable bonds is 7. The number of ether oxygens (including phenoxy) is 1. The highest BCUT2D eigenvalue weighted by atomic mass is 19.4. The molecule has 0 saturated carbocycles. The van der Waals surface area contributed by atoms with Crippen LogP contribution in [-0.2, 0) is 30.4 Å². The Kier molecular flexibility index (Phi) is 7.87. The van der Waals surface area contributed by atoms with Crippen LogP contribution < -0.4 is 10.1 Å². The Balaban J connectivity index is 1.13. The van der Waals surface area contributed by atoms with Crippen LogP contribution in [0.5, 0.6) is 11.6 Å². The van der Waals surface area contributed by atoms with Crippen molar-refractivity contribution in [2.75, 3.05) is 38.0 Å². The van der Waals surface area contributed by atoms with E-state index in [-0.39, 0.29) is 29.6 Å². The summed E-state index contributed by atoms with van der Waals surface area (Å²) >= 11 is 0. The monoisotopic (exact) mass is 578 g/mol. The first kappa shape index (κ1) is 28.2. The molecule has 0 bridgehead atoms. The van der Waals surface area contributed by atoms with Gasteiger partial charge in [0.2, 0.25) is 11.8 Å². The average molecular weight is 579 g/mol. The zero-order valence-corrected chi connectivity index (χ0v) is 23.4. The van der Waals surface area contributed by atoms with E-state index in [2.05, 4.69) is 32.1 Å². The number of hydrogen-bond donors (Lipinski definition) is 1. The number of benzene rings is 2. The van der Waals surface area contributed by atoms with Gasteiger partial charge in [-0.3, -0.25) is 9.69 Å². The van der Waals surface area contributed by atoms with E-state index in [1.54, 1.807) is 16.8 Å². The molecule has 42 heavy (non-hydrogen) atoms. The van der Waals surface area contributed by atoms with E-state index in [1.807, 2.05) is 30.3 Å². The Morgan fingerprint density at radius 3 is 2.64 bits per heavy atom. The third-order valence-electron chi connectivity index (χ3n) is 8.28. The molecule has 2 aliphatic rings. The maximum absolute atomic E-state index is 14.1. The van der Waals surface area contributed by atoms with E-state index in [0.717, 1.165) is 55.4 Å². The fraction of sp³-hybridized carbons (Fsp3) is 0.387. The quantitative estimate of drug-likeness (QED) is 0.316. The minimum absolute atomic E-state index is 0.162. The van der Waals surface area contributed by atoms with Gasteiger partial charge in [-0.1, -0.05) is 19.1 Å². The standard InChI is InChI=1S/C31H33F3N6O2/c1-2-38-12-14-39(15-13-38)19-23-7-9-25(18-27(23)31(32,33)34)37-29(41)22-6-5-21-8-10-26(17-24(21)16-22)42-30-28-4-3-11-40(28)36-20-35-30/h3-4,7-11,17-18,20,22H,2,5-6,12-16,19H2,1H3,(H,37,41). The van der Waals surface area contributed by atoms with Crippen LogP contribution in [0.2, 0.25) is 0 Å². The number of nitrogens with zero attached hydrogens (tertiary/aromatic N) is 5. The van der Waals surface area contributed by atoms with Gasteiger partial charge in [-0.15, -0.1) is 0 Å². The molecule has 6 rings (SSSR count). The first-order chi connectivity index (χ1) is 20.3. The SMILES string of the molecule is CCN1CCN(Cc2ccc(NC(=O)C3CCc4ccc(Oc5ncnn6cccc56)cc4C3)cc2C(F)(F)F)CC1. The molecule has 1 unspecified atom stereocenters. The summed E-state index contributed by atoms with van der Waals surface area (Å²) in [6.07, 6.45) is 0.491. The lowest BCUT2D eigenvalue weighted by atomic mass is 9.83. The number of fused-ring (bicyclic) bond motifs is 2. The van der Waals surface area contributed by atoms with Gasteiger partial charge in [0.25, 0.3) is 0 Å². The van der Waals surface area contributed by atoms with Gasteiger partial charge in [0.05, 0.1) is 5.56 Å². The number of anilines is 1. The molecule has 220 valence electrons. The first-order valence-electron chi connectivity index (χ1n) is 14.3. The molecule has 1 N–H and O–H groups in total. The summed E-state index contributed by atoms with van der Waals surface area (Å²) in [5.74, 6) is 0.368. The zero-order valence-electron chi connectivity index (χ0n) is 23.4. The van der Waals surface area contributed by atoms with Crippen LogP contribution in [0.15, 0.2) is 61.1 Å². The highest BCUT2D eigenvalue weighted by Gasteiger charge is 2.35. The molecule has 1 saturated heterocycles. The van der Waals surface area contributed by atoms with Crippen molar-refractivity contribution in [2.24, 2.45) is 5.92 Å². The van der Waals surface area contributed by atoms with Crippen LogP contribution in [0, 0.1) is 5.92 Å². The van der Waals surface area contributed by atoms with Gasteiger partial charge in [-0.25, -0.2) is 4.52 Å². The molecule has 1 fully saturated rings. The molecular weight excluding hydrogens is 545 g/mol. The Bertz CT molecular complexity index is 1580. The van der Waals surface area contributed by atoms with E-state index in [0.29, 0.717) is 30.9 Å². The molecule has 2 aromatic heterocycles. The molecule has 3 heterocycles. The van der Waals surface area contributed by atoms with Crippen LogP contribution in [0.4, 0.5) is 18.9 Å². The molecular formula is C31H33F3N6O2. The number of hydrogen-bond acceptors (Lipinski definition) is 6. The largest absolute Gasteiger partial charge is 0.437 e. The topological polar surface area (TPSA) is 75.0 Å². The average Bonchev–Trinajstić information content (AvgIpc) is 3.47. The second kappa shape index (κ2) is 11.7. The molecule has 1 amide bonds. The fourth-order valence-electron chi connectivity index (χ4n) is 5.86. The lowest BCUT2D eigenvalue weighted by Gasteiger charge is -2.34. The predicted molar refractivity (Wildman–Crippen MR) is 152 cm³/mol. The minimum Gasteiger partial charge on any atom is -0.437 e. The van der Waals surface area contributed by atoms with Gasteiger partial charge in [0.1, 0.15) is 17.6 Å². The van der Waals surface area contributed by atoms with Crippen molar-refractivity contribution in [3.8, 4) is 11.6 Å². The van der Waals surface area contributed by atoms with E-state index < -0.39 is 11.7 Å². The molecule has 0 spiro atoms. The second-order valence-corrected chi connectivity index (χ2v) is 10.9. The third-order valence-corrected chi connectivity index (χ3v) is 8.28. The van der Waals surface area contributed by atoms with Crippen molar-refractivity contribution in [2.45, 2.75) is 38.9 Å². The van der Waals surface area contributed by atoms with Crippen LogP contribution >= 0.6 is 0 Å². The molecule has 8 nitrogen and oxygen atoms in total. The van der Waals surface area contributed by atoms with Gasteiger partial charge < -0.3 is 15.0 Å². The number of halogens is 3. The normalized spacial score (nSPS) is 18.1. The number of alkyl halides is 3. The highest BCUT2D eigenvalue weighted by molar-refractivity contribution is 5.93. The van der Waals surface area contributed by atoms with Gasteiger partial charge in [0.15, 0.2) is 0 Å². The summed E-state index contributed by atoms with van der Waals surface area (Å²) in [6.45, 7) is 6.42. The van der Waals surface area contributed by atoms with Crippen molar-refractivity contribution in [1.82, 2.24) is 24.4 Å². The Morgan fingerprint density at radius 1 is 1.05 bits per heavy atom. The Labute approximate surface area is 242 Å². The molecule has 0 radical (unpaired) electrons. The lowest BCUT2D eigenvalue weighted by molar-refractivity contribution is -0.138. The number of aryl methyl sites for hydroxylation is 1. The summed E-state index contributed by atoms with van der Waals surface area (Å²) in [4.78, 5) is 21.8. The molecule has 1 atom stereocenters. The highest BCUT2D eigenvalue weighted by Crippen LogP contribution is 2.36. The zero-order chi connectivity index (χ0) is 29.3. The summed E-state index contributed by atoms with van der Waals surface area (Å²) in [5.41, 5.74) is 2.53. The predicted octanol–water partition coefficient (Wildman–Crippen LogP) is 5.42. The second-order valence-electron chi connectivity index (χ2n) is 10.9. The Hall–Kier alpha value is -3.96. The van der Waals surface area contributed by atoms with Crippen LogP contribution in [0.1, 0.15) is 35.6 Å². The van der Waals surface area contributed by atoms with E-state index in [9.17, 15) is 18.0 Å². The van der Waals surface area contributed by atoms with E-state index >= 15 is 0 Å². The van der Waals surface area contributed by atoms with Gasteiger partial charge in [-0.2, -0.15) is 23.3 Å². The van der Waals surface area contributed by atoms with Crippen molar-refractivity contribution in [1.29, 1.82) is 0 Å². The van der Waals surface area contributed by atoms with Crippen LogP contribution in [0.3, 0.4) is 0 Å². The molecule has 11 heteroatoms. The van der Waals surface area contributed by atoms with Gasteiger partial charge >= 0.3 is 6.18 Å². The minimum atomic E-state index is -4.52. The van der Waals surface area contributed by atoms with Gasteiger partial charge in [-0.05, 0) is 78.9 Å². The molecule has 2 aromatic carbocycles. The van der Waals surface area contributed by atoms with Crippen molar-refractivity contribution < 1.29 is 22.7 Å². The number of likely N-dealkylation sites (N-methyl/N-ethyl adjacent to an activating group) is 1. The number of aromatic nitrogens is 3. The maximum Gasteiger partial charge on any atom is 0.416 e. The molecule has 1 aliphatic carbocycles. The number of piperazine rings is 1. The number of nitrogens with one attached hydrogen (secondary N) is 1. The van der Waals surface area contributed by atoms with Crippen molar-refractivity contribution in [3.05, 3.63) is 83.3 Å². The number of carbonyl (C=O) groups is 1. The first-order valence-corrected chi connectivity index (χ1v) is 14.3. The van der Waals surface area contributed by atoms with E-state index in [4.69, 9.17) is 4.74 Å². The molecule has 4 aromatic rings. The summed E-state index contributed by atoms with van der Waals surface area (Å²) in [7, 11) is 0. The van der Waals surface area contributed by atoms with Gasteiger partial charge in [0, 0.05) is 50.5 Å². The summed E-state index contributed by atoms with van der Waals surface area (Å²) in [6, 6.07) is 13.6. The lowest BCUT2D eigenvalue weighted by Crippen LogP contribution is -2.45.